The van der Waals surface area contributed by atoms with Crippen LogP contribution in [0.2, 0.25) is 10.0 Å². The fourth-order valence-electron chi connectivity index (χ4n) is 1.94. The van der Waals surface area contributed by atoms with Gasteiger partial charge in [-0.2, -0.15) is 0 Å². The third-order valence-electron chi connectivity index (χ3n) is 3.08. The number of aryl methyl sites for hydroxylation is 2. The molecule has 0 aliphatic rings. The molecule has 2 aromatic carbocycles. The Bertz CT molecular complexity index is 726. The molecular weight excluding hydrogens is 327 g/mol. The summed E-state index contributed by atoms with van der Waals surface area (Å²) in [4.78, 5) is 12.9. The first kappa shape index (κ1) is 16.2. The fourth-order valence-corrected chi connectivity index (χ4v) is 3.75. The summed E-state index contributed by atoms with van der Waals surface area (Å²) in [7, 11) is -1.39. The van der Waals surface area contributed by atoms with E-state index < -0.39 is 10.8 Å². The predicted octanol–water partition coefficient (Wildman–Crippen LogP) is 4.60. The molecule has 2 aromatic rings. The maximum atomic E-state index is 12.4. The van der Waals surface area contributed by atoms with E-state index in [9.17, 15) is 9.00 Å². The summed E-state index contributed by atoms with van der Waals surface area (Å²) < 4.78 is 12.4. The smallest absolute Gasteiger partial charge is 0.177 e. The molecule has 5 heteroatoms. The van der Waals surface area contributed by atoms with E-state index in [2.05, 4.69) is 0 Å². The van der Waals surface area contributed by atoms with Gasteiger partial charge in [-0.15, -0.1) is 0 Å². The van der Waals surface area contributed by atoms with Crippen LogP contribution >= 0.6 is 23.2 Å². The molecule has 0 N–H and O–H groups in total. The van der Waals surface area contributed by atoms with E-state index in [4.69, 9.17) is 23.2 Å². The molecule has 2 rings (SSSR count). The summed E-state index contributed by atoms with van der Waals surface area (Å²) in [5.74, 6) is -0.345. The van der Waals surface area contributed by atoms with Crippen molar-refractivity contribution in [2.45, 2.75) is 18.7 Å². The van der Waals surface area contributed by atoms with Gasteiger partial charge in [0.1, 0.15) is 0 Å². The minimum atomic E-state index is -1.39. The lowest BCUT2D eigenvalue weighted by Crippen LogP contribution is -2.12. The van der Waals surface area contributed by atoms with Crippen LogP contribution in [0.3, 0.4) is 0 Å². The molecule has 0 aromatic heterocycles. The highest BCUT2D eigenvalue weighted by molar-refractivity contribution is 7.85. The highest BCUT2D eigenvalue weighted by Crippen LogP contribution is 2.23. The first-order valence-electron chi connectivity index (χ1n) is 6.32. The number of Topliss-reactive ketones (excluding diaryl/α,β-unsaturated/α-hetero) is 1. The van der Waals surface area contributed by atoms with Gasteiger partial charge < -0.3 is 0 Å². The molecule has 0 saturated heterocycles. The van der Waals surface area contributed by atoms with Gasteiger partial charge in [-0.1, -0.05) is 35.3 Å². The molecule has 0 saturated carbocycles. The molecule has 1 atom stereocenters. The number of carbonyl (C=O) groups excluding carboxylic acids is 1. The summed E-state index contributed by atoms with van der Waals surface area (Å²) in [6.45, 7) is 3.81. The van der Waals surface area contributed by atoms with E-state index in [-0.39, 0.29) is 16.6 Å². The largest absolute Gasteiger partial charge is 0.293 e. The van der Waals surface area contributed by atoms with Crippen LogP contribution < -0.4 is 0 Å². The van der Waals surface area contributed by atoms with Crippen LogP contribution in [0.4, 0.5) is 0 Å². The number of hydrogen-bond acceptors (Lipinski definition) is 2. The first-order chi connectivity index (χ1) is 9.88. The Balaban J connectivity index is 2.23. The second-order valence-electron chi connectivity index (χ2n) is 4.81. The standard InChI is InChI=1S/C16H14Cl2O2S/c1-10-3-4-11(2)16(7-10)21(20)9-15(19)13-6-5-12(17)8-14(13)18/h3-8H,9H2,1-2H3. The van der Waals surface area contributed by atoms with Crippen molar-refractivity contribution in [1.82, 2.24) is 0 Å². The number of ketones is 1. The number of benzene rings is 2. The van der Waals surface area contributed by atoms with Gasteiger partial charge in [0.15, 0.2) is 5.78 Å². The average Bonchev–Trinajstić information content (AvgIpc) is 2.41. The third-order valence-corrected chi connectivity index (χ3v) is 5.09. The molecule has 0 radical (unpaired) electrons. The van der Waals surface area contributed by atoms with Gasteiger partial charge in [-0.05, 0) is 49.2 Å². The molecule has 21 heavy (non-hydrogen) atoms. The van der Waals surface area contributed by atoms with Gasteiger partial charge in [0, 0.05) is 15.5 Å². The molecule has 2 nitrogen and oxygen atoms in total. The van der Waals surface area contributed by atoms with Gasteiger partial charge in [0.2, 0.25) is 0 Å². The van der Waals surface area contributed by atoms with Gasteiger partial charge in [-0.25, -0.2) is 0 Å². The van der Waals surface area contributed by atoms with Crippen LogP contribution in [-0.2, 0) is 10.8 Å². The van der Waals surface area contributed by atoms with Crippen LogP contribution in [-0.4, -0.2) is 15.7 Å². The molecule has 0 aliphatic carbocycles. The second-order valence-corrected chi connectivity index (χ2v) is 7.07. The Labute approximate surface area is 136 Å². The van der Waals surface area contributed by atoms with Crippen LogP contribution in [0.5, 0.6) is 0 Å². The molecule has 0 aliphatic heterocycles. The SMILES string of the molecule is Cc1ccc(C)c(S(=O)CC(=O)c2ccc(Cl)cc2Cl)c1. The van der Waals surface area contributed by atoms with Crippen LogP contribution in [0.1, 0.15) is 21.5 Å². The molecule has 1 unspecified atom stereocenters. The van der Waals surface area contributed by atoms with Crippen LogP contribution in [0, 0.1) is 13.8 Å². The summed E-state index contributed by atoms with van der Waals surface area (Å²) in [5, 5.41) is 0.748. The Morgan fingerprint density at radius 3 is 2.48 bits per heavy atom. The molecule has 0 fully saturated rings. The summed E-state index contributed by atoms with van der Waals surface area (Å²) >= 11 is 11.8. The van der Waals surface area contributed by atoms with Gasteiger partial charge >= 0.3 is 0 Å². The average molecular weight is 341 g/mol. The van der Waals surface area contributed by atoms with Crippen molar-refractivity contribution in [3.8, 4) is 0 Å². The van der Waals surface area contributed by atoms with E-state index in [0.717, 1.165) is 11.1 Å². The minimum absolute atomic E-state index is 0.0916. The molecule has 0 heterocycles. The second kappa shape index (κ2) is 6.73. The van der Waals surface area contributed by atoms with Crippen molar-refractivity contribution in [2.75, 3.05) is 5.75 Å². The summed E-state index contributed by atoms with van der Waals surface area (Å²) in [6.07, 6.45) is 0. The Morgan fingerprint density at radius 1 is 1.10 bits per heavy atom. The first-order valence-corrected chi connectivity index (χ1v) is 8.40. The van der Waals surface area contributed by atoms with E-state index in [0.29, 0.717) is 15.5 Å². The topological polar surface area (TPSA) is 34.1 Å². The molecule has 110 valence electrons. The van der Waals surface area contributed by atoms with Crippen molar-refractivity contribution in [2.24, 2.45) is 0 Å². The van der Waals surface area contributed by atoms with Crippen molar-refractivity contribution in [3.05, 3.63) is 63.1 Å². The summed E-state index contributed by atoms with van der Waals surface area (Å²) in [5.41, 5.74) is 2.27. The lowest BCUT2D eigenvalue weighted by Gasteiger charge is -2.08. The molecule has 0 spiro atoms. The van der Waals surface area contributed by atoms with E-state index in [1.54, 1.807) is 12.1 Å². The highest BCUT2D eigenvalue weighted by Gasteiger charge is 2.16. The molecule has 0 amide bonds. The van der Waals surface area contributed by atoms with Crippen molar-refractivity contribution in [1.29, 1.82) is 0 Å². The number of hydrogen-bond donors (Lipinski definition) is 0. The van der Waals surface area contributed by atoms with Gasteiger partial charge in [-0.3, -0.25) is 9.00 Å². The lowest BCUT2D eigenvalue weighted by atomic mass is 10.1. The Morgan fingerprint density at radius 2 is 1.81 bits per heavy atom. The number of carbonyl (C=O) groups is 1. The highest BCUT2D eigenvalue weighted by atomic mass is 35.5. The molecular formula is C16H14Cl2O2S. The zero-order valence-electron chi connectivity index (χ0n) is 11.7. The van der Waals surface area contributed by atoms with Crippen molar-refractivity contribution in [3.63, 3.8) is 0 Å². The molecule has 0 bridgehead atoms. The zero-order valence-corrected chi connectivity index (χ0v) is 14.0. The maximum absolute atomic E-state index is 12.4. The normalized spacial score (nSPS) is 12.2. The zero-order chi connectivity index (χ0) is 15.6. The van der Waals surface area contributed by atoms with Crippen LogP contribution in [0.15, 0.2) is 41.3 Å². The van der Waals surface area contributed by atoms with Crippen molar-refractivity contribution < 1.29 is 9.00 Å². The fraction of sp³-hybridized carbons (Fsp3) is 0.188. The number of halogens is 2. The van der Waals surface area contributed by atoms with Crippen molar-refractivity contribution >= 4 is 39.8 Å². The van der Waals surface area contributed by atoms with Gasteiger partial charge in [0.05, 0.1) is 21.6 Å². The monoisotopic (exact) mass is 340 g/mol. The third kappa shape index (κ3) is 3.94. The Hall–Kier alpha value is -1.16. The summed E-state index contributed by atoms with van der Waals surface area (Å²) in [6, 6.07) is 10.4. The van der Waals surface area contributed by atoms with E-state index in [1.807, 2.05) is 32.0 Å². The van der Waals surface area contributed by atoms with Gasteiger partial charge in [0.25, 0.3) is 0 Å². The number of rotatable bonds is 4. The van der Waals surface area contributed by atoms with E-state index in [1.165, 1.54) is 6.07 Å². The van der Waals surface area contributed by atoms with Crippen LogP contribution in [0.25, 0.3) is 0 Å². The predicted molar refractivity (Wildman–Crippen MR) is 88.0 cm³/mol. The maximum Gasteiger partial charge on any atom is 0.177 e. The minimum Gasteiger partial charge on any atom is -0.293 e. The lowest BCUT2D eigenvalue weighted by molar-refractivity contribution is 0.102. The quantitative estimate of drug-likeness (QED) is 0.762. The van der Waals surface area contributed by atoms with E-state index >= 15 is 0 Å². The Kier molecular flexibility index (Phi) is 5.20.